The minimum absolute atomic E-state index is 0.174. The smallest absolute Gasteiger partial charge is 0.306 e. The SMILES string of the molecule is CC(C)(C)[Si](OCC[C@H]1OC(=O)CCC/C=C\C[C@@H](O)/C=C/[C@@H]1O)(c1ccccc1)c1ccccc1. The molecule has 3 rings (SSSR count). The summed E-state index contributed by atoms with van der Waals surface area (Å²) >= 11 is 0. The number of rotatable bonds is 6. The molecule has 36 heavy (non-hydrogen) atoms. The van der Waals surface area contributed by atoms with Gasteiger partial charge in [0.25, 0.3) is 8.32 Å². The van der Waals surface area contributed by atoms with Crippen LogP contribution in [0.25, 0.3) is 0 Å². The molecule has 2 aromatic carbocycles. The molecule has 3 atom stereocenters. The lowest BCUT2D eigenvalue weighted by Crippen LogP contribution is -2.66. The van der Waals surface area contributed by atoms with Crippen molar-refractivity contribution in [2.45, 2.75) is 76.2 Å². The molecule has 1 heterocycles. The first kappa shape index (κ1) is 28.1. The molecule has 0 saturated heterocycles. The van der Waals surface area contributed by atoms with E-state index in [2.05, 4.69) is 45.0 Å². The van der Waals surface area contributed by atoms with Gasteiger partial charge in [0.05, 0.1) is 6.10 Å². The summed E-state index contributed by atoms with van der Waals surface area (Å²) in [6.45, 7) is 6.96. The van der Waals surface area contributed by atoms with E-state index in [1.807, 2.05) is 48.6 Å². The van der Waals surface area contributed by atoms with Crippen LogP contribution >= 0.6 is 0 Å². The van der Waals surface area contributed by atoms with Gasteiger partial charge in [0.15, 0.2) is 0 Å². The molecular weight excluding hydrogens is 468 g/mol. The molecule has 2 aromatic rings. The molecule has 0 unspecified atom stereocenters. The van der Waals surface area contributed by atoms with Gasteiger partial charge in [0, 0.05) is 19.4 Å². The van der Waals surface area contributed by atoms with Gasteiger partial charge in [-0.2, -0.15) is 0 Å². The molecule has 0 fully saturated rings. The summed E-state index contributed by atoms with van der Waals surface area (Å²) in [4.78, 5) is 12.5. The second-order valence-corrected chi connectivity index (χ2v) is 14.7. The van der Waals surface area contributed by atoms with Gasteiger partial charge in [0.2, 0.25) is 0 Å². The fourth-order valence-electron chi connectivity index (χ4n) is 4.78. The number of ether oxygens (including phenoxy) is 1. The normalized spacial score (nSPS) is 24.0. The predicted molar refractivity (Wildman–Crippen MR) is 147 cm³/mol. The summed E-state index contributed by atoms with van der Waals surface area (Å²) in [5.41, 5.74) is 0. The number of hydrogen-bond acceptors (Lipinski definition) is 5. The standard InChI is InChI=1S/C30H40O5Si/c1-30(2,3)36(25-15-9-6-10-16-25,26-17-11-7-12-18-26)34-23-22-28-27(32)21-20-24(31)14-8-4-5-13-19-29(33)35-28/h4,6-12,15-18,20-21,24,27-28,31-32H,5,13-14,19,22-23H2,1-3H3/b8-4-,21-20+/t24-,27+,28-/m1/s1. The first-order chi connectivity index (χ1) is 17.2. The Hall–Kier alpha value is -2.51. The molecule has 0 amide bonds. The topological polar surface area (TPSA) is 76.0 Å². The summed E-state index contributed by atoms with van der Waals surface area (Å²) in [6.07, 6.45) is 6.99. The van der Waals surface area contributed by atoms with Gasteiger partial charge in [-0.1, -0.05) is 106 Å². The highest BCUT2D eigenvalue weighted by molar-refractivity contribution is 6.99. The van der Waals surface area contributed by atoms with Crippen LogP contribution in [0.5, 0.6) is 0 Å². The van der Waals surface area contributed by atoms with Crippen LogP contribution < -0.4 is 10.4 Å². The number of allylic oxidation sites excluding steroid dienone is 1. The molecule has 1 aliphatic rings. The average Bonchev–Trinajstić information content (AvgIpc) is 2.87. The van der Waals surface area contributed by atoms with Crippen LogP contribution in [0.2, 0.25) is 5.04 Å². The Morgan fingerprint density at radius 3 is 2.14 bits per heavy atom. The van der Waals surface area contributed by atoms with Gasteiger partial charge in [-0.3, -0.25) is 4.79 Å². The second kappa shape index (κ2) is 13.2. The van der Waals surface area contributed by atoms with E-state index in [9.17, 15) is 15.0 Å². The lowest BCUT2D eigenvalue weighted by molar-refractivity contribution is -0.154. The number of cyclic esters (lactones) is 1. The van der Waals surface area contributed by atoms with Gasteiger partial charge >= 0.3 is 5.97 Å². The van der Waals surface area contributed by atoms with E-state index >= 15 is 0 Å². The van der Waals surface area contributed by atoms with Crippen LogP contribution in [-0.4, -0.2) is 49.4 Å². The van der Waals surface area contributed by atoms with Gasteiger partial charge in [-0.15, -0.1) is 0 Å². The third-order valence-electron chi connectivity index (χ3n) is 6.63. The molecule has 194 valence electrons. The van der Waals surface area contributed by atoms with E-state index in [-0.39, 0.29) is 17.4 Å². The number of benzene rings is 2. The lowest BCUT2D eigenvalue weighted by atomic mass is 10.1. The zero-order valence-electron chi connectivity index (χ0n) is 21.7. The van der Waals surface area contributed by atoms with Crippen LogP contribution in [-0.2, 0) is 14.0 Å². The third-order valence-corrected chi connectivity index (χ3v) is 11.7. The molecule has 1 aliphatic heterocycles. The van der Waals surface area contributed by atoms with Crippen molar-refractivity contribution in [1.82, 2.24) is 0 Å². The number of hydrogen-bond donors (Lipinski definition) is 2. The quantitative estimate of drug-likeness (QED) is 0.346. The van der Waals surface area contributed by atoms with Crippen LogP contribution in [0.4, 0.5) is 0 Å². The van der Waals surface area contributed by atoms with E-state index in [4.69, 9.17) is 9.16 Å². The highest BCUT2D eigenvalue weighted by Crippen LogP contribution is 2.37. The third kappa shape index (κ3) is 7.26. The van der Waals surface area contributed by atoms with Gasteiger partial charge < -0.3 is 19.4 Å². The fraction of sp³-hybridized carbons (Fsp3) is 0.433. The maximum atomic E-state index is 12.5. The minimum Gasteiger partial charge on any atom is -0.459 e. The Kier molecular flexibility index (Phi) is 10.3. The summed E-state index contributed by atoms with van der Waals surface area (Å²) in [7, 11) is -2.73. The van der Waals surface area contributed by atoms with Crippen molar-refractivity contribution in [3.63, 3.8) is 0 Å². The maximum Gasteiger partial charge on any atom is 0.306 e. The van der Waals surface area contributed by atoms with Crippen molar-refractivity contribution >= 4 is 24.7 Å². The largest absolute Gasteiger partial charge is 0.459 e. The molecule has 0 aromatic heterocycles. The van der Waals surface area contributed by atoms with E-state index < -0.39 is 26.6 Å². The Bertz CT molecular complexity index is 958. The number of aliphatic hydroxyl groups excluding tert-OH is 2. The van der Waals surface area contributed by atoms with Gasteiger partial charge in [-0.25, -0.2) is 0 Å². The second-order valence-electron chi connectivity index (χ2n) is 10.4. The molecule has 0 saturated carbocycles. The molecule has 0 aliphatic carbocycles. The molecule has 0 spiro atoms. The van der Waals surface area contributed by atoms with Crippen LogP contribution in [0, 0.1) is 0 Å². The number of aliphatic hydroxyl groups is 2. The predicted octanol–water partition coefficient (Wildman–Crippen LogP) is 4.27. The molecule has 6 heteroatoms. The zero-order chi connectivity index (χ0) is 26.0. The summed E-state index contributed by atoms with van der Waals surface area (Å²) in [5.74, 6) is -0.328. The van der Waals surface area contributed by atoms with Gasteiger partial charge in [-0.05, 0) is 34.7 Å². The Morgan fingerprint density at radius 1 is 0.944 bits per heavy atom. The van der Waals surface area contributed by atoms with Crippen LogP contribution in [0.3, 0.4) is 0 Å². The number of esters is 1. The Morgan fingerprint density at radius 2 is 1.56 bits per heavy atom. The lowest BCUT2D eigenvalue weighted by Gasteiger charge is -2.43. The average molecular weight is 509 g/mol. The summed E-state index contributed by atoms with van der Waals surface area (Å²) in [5, 5.41) is 23.2. The minimum atomic E-state index is -2.73. The zero-order valence-corrected chi connectivity index (χ0v) is 22.7. The first-order valence-electron chi connectivity index (χ1n) is 12.9. The van der Waals surface area contributed by atoms with Crippen molar-refractivity contribution < 1.29 is 24.2 Å². The maximum absolute atomic E-state index is 12.5. The molecule has 0 bridgehead atoms. The van der Waals surface area contributed by atoms with Crippen LogP contribution in [0.15, 0.2) is 85.0 Å². The first-order valence-corrected chi connectivity index (χ1v) is 14.8. The van der Waals surface area contributed by atoms with E-state index in [0.29, 0.717) is 25.9 Å². The van der Waals surface area contributed by atoms with Gasteiger partial charge in [0.1, 0.15) is 12.2 Å². The number of carbonyl (C=O) groups excluding carboxylic acids is 1. The fourth-order valence-corrected chi connectivity index (χ4v) is 9.36. The molecule has 0 radical (unpaired) electrons. The molecule has 2 N–H and O–H groups in total. The van der Waals surface area contributed by atoms with Crippen LogP contribution in [0.1, 0.15) is 52.9 Å². The van der Waals surface area contributed by atoms with E-state index in [0.717, 1.165) is 6.42 Å². The van der Waals surface area contributed by atoms with Crippen molar-refractivity contribution in [1.29, 1.82) is 0 Å². The summed E-state index contributed by atoms with van der Waals surface area (Å²) in [6, 6.07) is 20.7. The Labute approximate surface area is 216 Å². The Balaban J connectivity index is 1.86. The van der Waals surface area contributed by atoms with Crippen molar-refractivity contribution in [2.24, 2.45) is 0 Å². The molecule has 5 nitrogen and oxygen atoms in total. The number of carbonyl (C=O) groups is 1. The highest BCUT2D eigenvalue weighted by Gasteiger charge is 2.50. The van der Waals surface area contributed by atoms with Crippen molar-refractivity contribution in [2.75, 3.05) is 6.61 Å². The highest BCUT2D eigenvalue weighted by atomic mass is 28.4. The summed E-state index contributed by atoms with van der Waals surface area (Å²) < 4.78 is 12.6. The van der Waals surface area contributed by atoms with Crippen molar-refractivity contribution in [3.8, 4) is 0 Å². The molecular formula is C30H40O5Si. The van der Waals surface area contributed by atoms with Crippen molar-refractivity contribution in [3.05, 3.63) is 85.0 Å². The van der Waals surface area contributed by atoms with E-state index in [1.54, 1.807) is 6.08 Å². The van der Waals surface area contributed by atoms with E-state index in [1.165, 1.54) is 16.4 Å². The monoisotopic (exact) mass is 508 g/mol.